The van der Waals surface area contributed by atoms with Crippen molar-refractivity contribution in [3.63, 3.8) is 0 Å². The van der Waals surface area contributed by atoms with Gasteiger partial charge in [-0.3, -0.25) is 4.79 Å². The van der Waals surface area contributed by atoms with Crippen LogP contribution in [0.3, 0.4) is 0 Å². The van der Waals surface area contributed by atoms with E-state index < -0.39 is 0 Å². The third-order valence-electron chi connectivity index (χ3n) is 3.65. The molecule has 0 unspecified atom stereocenters. The highest BCUT2D eigenvalue weighted by molar-refractivity contribution is 7.99. The molecule has 0 bridgehead atoms. The second kappa shape index (κ2) is 7.01. The van der Waals surface area contributed by atoms with Crippen molar-refractivity contribution >= 4 is 17.7 Å². The van der Waals surface area contributed by atoms with Gasteiger partial charge in [-0.05, 0) is 24.8 Å². The Balaban J connectivity index is 1.75. The number of aromatic nitrogens is 2. The molecule has 3 rings (SSSR count). The third kappa shape index (κ3) is 3.53. The van der Waals surface area contributed by atoms with Gasteiger partial charge in [0.05, 0.1) is 17.6 Å². The minimum atomic E-state index is 0.0819. The Bertz CT molecular complexity index is 635. The molecule has 116 valence electrons. The monoisotopic (exact) mass is 315 g/mol. The molecule has 1 aromatic heterocycles. The Hall–Kier alpha value is -1.75. The molecule has 1 aromatic carbocycles. The molecular weight excluding hydrogens is 294 g/mol. The SMILES string of the molecule is CCCNC(=O)CSc1ncc(-c2ccccc2)n1C1CC1. The van der Waals surface area contributed by atoms with Gasteiger partial charge in [0.2, 0.25) is 5.91 Å². The predicted octanol–water partition coefficient (Wildman–Crippen LogP) is 3.50. The Labute approximate surface area is 135 Å². The molecule has 0 aliphatic heterocycles. The maximum Gasteiger partial charge on any atom is 0.230 e. The number of nitrogens with one attached hydrogen (secondary N) is 1. The van der Waals surface area contributed by atoms with E-state index in [4.69, 9.17) is 0 Å². The molecule has 1 N–H and O–H groups in total. The van der Waals surface area contributed by atoms with Gasteiger partial charge in [-0.15, -0.1) is 0 Å². The first-order valence-electron chi connectivity index (χ1n) is 7.81. The summed E-state index contributed by atoms with van der Waals surface area (Å²) in [6.45, 7) is 2.80. The summed E-state index contributed by atoms with van der Waals surface area (Å²) in [6.07, 6.45) is 5.29. The molecule has 1 fully saturated rings. The van der Waals surface area contributed by atoms with Gasteiger partial charge in [0.15, 0.2) is 5.16 Å². The van der Waals surface area contributed by atoms with E-state index in [9.17, 15) is 4.79 Å². The normalized spacial score (nSPS) is 14.0. The number of benzene rings is 1. The highest BCUT2D eigenvalue weighted by Crippen LogP contribution is 2.41. The van der Waals surface area contributed by atoms with Crippen molar-refractivity contribution in [2.45, 2.75) is 37.4 Å². The van der Waals surface area contributed by atoms with E-state index in [0.717, 1.165) is 23.8 Å². The van der Waals surface area contributed by atoms with Gasteiger partial charge < -0.3 is 9.88 Å². The van der Waals surface area contributed by atoms with Crippen molar-refractivity contribution in [2.24, 2.45) is 0 Å². The minimum absolute atomic E-state index is 0.0819. The van der Waals surface area contributed by atoms with Crippen LogP contribution in [0.4, 0.5) is 0 Å². The van der Waals surface area contributed by atoms with Gasteiger partial charge in [-0.1, -0.05) is 49.0 Å². The quantitative estimate of drug-likeness (QED) is 0.795. The van der Waals surface area contributed by atoms with Crippen molar-refractivity contribution in [3.8, 4) is 11.3 Å². The first-order valence-corrected chi connectivity index (χ1v) is 8.80. The molecule has 5 heteroatoms. The van der Waals surface area contributed by atoms with Crippen LogP contribution in [0, 0.1) is 0 Å². The molecule has 1 amide bonds. The number of carbonyl (C=O) groups is 1. The fraction of sp³-hybridized carbons (Fsp3) is 0.412. The van der Waals surface area contributed by atoms with Crippen LogP contribution >= 0.6 is 11.8 Å². The fourth-order valence-electron chi connectivity index (χ4n) is 2.40. The first kappa shape index (κ1) is 15.2. The second-order valence-electron chi connectivity index (χ2n) is 5.53. The number of rotatable bonds is 7. The summed E-state index contributed by atoms with van der Waals surface area (Å²) in [4.78, 5) is 16.3. The van der Waals surface area contributed by atoms with E-state index in [-0.39, 0.29) is 5.91 Å². The predicted molar refractivity (Wildman–Crippen MR) is 90.0 cm³/mol. The average molecular weight is 315 g/mol. The molecule has 0 radical (unpaired) electrons. The molecule has 0 atom stereocenters. The van der Waals surface area contributed by atoms with Crippen LogP contribution in [0.2, 0.25) is 0 Å². The number of imidazole rings is 1. The maximum absolute atomic E-state index is 11.8. The zero-order valence-electron chi connectivity index (χ0n) is 12.8. The van der Waals surface area contributed by atoms with Crippen LogP contribution in [0.1, 0.15) is 32.2 Å². The molecule has 4 nitrogen and oxygen atoms in total. The van der Waals surface area contributed by atoms with Crippen molar-refractivity contribution in [1.82, 2.24) is 14.9 Å². The Kier molecular flexibility index (Phi) is 4.83. The number of carbonyl (C=O) groups excluding carboxylic acids is 1. The maximum atomic E-state index is 11.8. The van der Waals surface area contributed by atoms with Crippen LogP contribution in [0.5, 0.6) is 0 Å². The summed E-state index contributed by atoms with van der Waals surface area (Å²) >= 11 is 1.53. The van der Waals surface area contributed by atoms with E-state index in [1.165, 1.54) is 30.2 Å². The summed E-state index contributed by atoms with van der Waals surface area (Å²) in [5, 5.41) is 3.86. The second-order valence-corrected chi connectivity index (χ2v) is 6.47. The number of hydrogen-bond acceptors (Lipinski definition) is 3. The van der Waals surface area contributed by atoms with Crippen molar-refractivity contribution < 1.29 is 4.79 Å². The van der Waals surface area contributed by atoms with Crippen LogP contribution in [0.15, 0.2) is 41.7 Å². The van der Waals surface area contributed by atoms with E-state index in [1.807, 2.05) is 24.4 Å². The lowest BCUT2D eigenvalue weighted by atomic mass is 10.2. The molecule has 1 aliphatic rings. The van der Waals surface area contributed by atoms with E-state index >= 15 is 0 Å². The highest BCUT2D eigenvalue weighted by atomic mass is 32.2. The van der Waals surface area contributed by atoms with Crippen LogP contribution in [-0.4, -0.2) is 27.8 Å². The molecule has 0 spiro atoms. The summed E-state index contributed by atoms with van der Waals surface area (Å²) in [5.74, 6) is 0.510. The topological polar surface area (TPSA) is 46.9 Å². The van der Waals surface area contributed by atoms with Crippen LogP contribution < -0.4 is 5.32 Å². The number of thioether (sulfide) groups is 1. The molecule has 0 saturated heterocycles. The lowest BCUT2D eigenvalue weighted by Crippen LogP contribution is -2.25. The standard InChI is InChI=1S/C17H21N3OS/c1-2-10-18-16(21)12-22-17-19-11-15(20(17)14-8-9-14)13-6-4-3-5-7-13/h3-7,11,14H,2,8-10,12H2,1H3,(H,18,21). The zero-order chi connectivity index (χ0) is 15.4. The van der Waals surface area contributed by atoms with Gasteiger partial charge in [-0.2, -0.15) is 0 Å². The van der Waals surface area contributed by atoms with Gasteiger partial charge in [0.1, 0.15) is 0 Å². The lowest BCUT2D eigenvalue weighted by Gasteiger charge is -2.10. The lowest BCUT2D eigenvalue weighted by molar-refractivity contribution is -0.118. The molecule has 2 aromatic rings. The van der Waals surface area contributed by atoms with E-state index in [1.54, 1.807) is 0 Å². The summed E-state index contributed by atoms with van der Waals surface area (Å²) in [6, 6.07) is 10.9. The average Bonchev–Trinajstić information content (AvgIpc) is 3.31. The zero-order valence-corrected chi connectivity index (χ0v) is 13.6. The summed E-state index contributed by atoms with van der Waals surface area (Å²) in [7, 11) is 0. The Morgan fingerprint density at radius 3 is 2.82 bits per heavy atom. The van der Waals surface area contributed by atoms with Gasteiger partial charge in [-0.25, -0.2) is 4.98 Å². The smallest absolute Gasteiger partial charge is 0.230 e. The molecule has 1 heterocycles. The number of amides is 1. The molecular formula is C17H21N3OS. The third-order valence-corrected chi connectivity index (χ3v) is 4.62. The summed E-state index contributed by atoms with van der Waals surface area (Å²) < 4.78 is 2.30. The fourth-order valence-corrected chi connectivity index (χ4v) is 3.28. The van der Waals surface area contributed by atoms with E-state index in [0.29, 0.717) is 11.8 Å². The largest absolute Gasteiger partial charge is 0.355 e. The Morgan fingerprint density at radius 1 is 1.36 bits per heavy atom. The number of nitrogens with zero attached hydrogens (tertiary/aromatic N) is 2. The van der Waals surface area contributed by atoms with Crippen molar-refractivity contribution in [1.29, 1.82) is 0 Å². The molecule has 1 saturated carbocycles. The van der Waals surface area contributed by atoms with Gasteiger partial charge in [0.25, 0.3) is 0 Å². The van der Waals surface area contributed by atoms with Gasteiger partial charge >= 0.3 is 0 Å². The first-order chi connectivity index (χ1) is 10.8. The molecule has 1 aliphatic carbocycles. The Morgan fingerprint density at radius 2 is 2.14 bits per heavy atom. The summed E-state index contributed by atoms with van der Waals surface area (Å²) in [5.41, 5.74) is 2.34. The number of hydrogen-bond donors (Lipinski definition) is 1. The van der Waals surface area contributed by atoms with Crippen LogP contribution in [-0.2, 0) is 4.79 Å². The van der Waals surface area contributed by atoms with Crippen LogP contribution in [0.25, 0.3) is 11.3 Å². The van der Waals surface area contributed by atoms with E-state index in [2.05, 4.69) is 33.9 Å². The minimum Gasteiger partial charge on any atom is -0.355 e. The molecule has 22 heavy (non-hydrogen) atoms. The van der Waals surface area contributed by atoms with Crippen molar-refractivity contribution in [2.75, 3.05) is 12.3 Å². The van der Waals surface area contributed by atoms with Gasteiger partial charge in [0, 0.05) is 12.6 Å². The van der Waals surface area contributed by atoms with Crippen molar-refractivity contribution in [3.05, 3.63) is 36.5 Å². The highest BCUT2D eigenvalue weighted by Gasteiger charge is 2.29.